The van der Waals surface area contributed by atoms with Crippen LogP contribution in [0.4, 0.5) is 0 Å². The molecule has 0 atom stereocenters. The third-order valence-electron chi connectivity index (χ3n) is 5.31. The Balaban J connectivity index is 1.52. The lowest BCUT2D eigenvalue weighted by Crippen LogP contribution is -2.40. The number of ketones is 1. The van der Waals surface area contributed by atoms with E-state index in [2.05, 4.69) is 9.71 Å². The number of thiophene rings is 1. The molecular weight excluding hydrogens is 434 g/mol. The quantitative estimate of drug-likeness (QED) is 0.455. The molecule has 0 spiro atoms. The fraction of sp³-hybridized carbons (Fsp3) is 0.227. The van der Waals surface area contributed by atoms with E-state index < -0.39 is 21.7 Å². The number of hydrogen-bond donors (Lipinski definition) is 1. The molecule has 2 aromatic heterocycles. The fourth-order valence-electron chi connectivity index (χ4n) is 3.64. The van der Waals surface area contributed by atoms with Crippen LogP contribution in [0.5, 0.6) is 0 Å². The molecule has 1 aliphatic heterocycles. The molecule has 0 bridgehead atoms. The van der Waals surface area contributed by atoms with Gasteiger partial charge in [-0.05, 0) is 41.5 Å². The third-order valence-corrected chi connectivity index (χ3v) is 8.11. The van der Waals surface area contributed by atoms with Gasteiger partial charge in [-0.3, -0.25) is 14.6 Å². The zero-order chi connectivity index (χ0) is 22.0. The van der Waals surface area contributed by atoms with Crippen molar-refractivity contribution in [2.24, 2.45) is 0 Å². The van der Waals surface area contributed by atoms with Crippen molar-refractivity contribution in [3.8, 4) is 0 Å². The minimum Gasteiger partial charge on any atom is -0.331 e. The van der Waals surface area contributed by atoms with Gasteiger partial charge in [0.2, 0.25) is 15.8 Å². The number of pyridine rings is 1. The number of carbonyl (C=O) groups is 2. The van der Waals surface area contributed by atoms with Crippen LogP contribution in [0.2, 0.25) is 0 Å². The van der Waals surface area contributed by atoms with Crippen molar-refractivity contribution >= 4 is 33.1 Å². The van der Waals surface area contributed by atoms with Crippen LogP contribution in [0.3, 0.4) is 0 Å². The zero-order valence-corrected chi connectivity index (χ0v) is 18.5. The van der Waals surface area contributed by atoms with E-state index >= 15 is 0 Å². The van der Waals surface area contributed by atoms with Gasteiger partial charge < -0.3 is 4.90 Å². The maximum Gasteiger partial charge on any atom is 0.295 e. The molecule has 0 aliphatic carbocycles. The first-order valence-corrected chi connectivity index (χ1v) is 12.1. The second-order valence-corrected chi connectivity index (χ2v) is 10.2. The lowest BCUT2D eigenvalue weighted by atomic mass is 9.94. The van der Waals surface area contributed by atoms with Crippen molar-refractivity contribution in [1.29, 1.82) is 0 Å². The summed E-state index contributed by atoms with van der Waals surface area (Å²) < 4.78 is 27.9. The van der Waals surface area contributed by atoms with E-state index in [1.807, 2.05) is 6.92 Å². The predicted molar refractivity (Wildman–Crippen MR) is 117 cm³/mol. The minimum atomic E-state index is -3.59. The number of hydrogen-bond acceptors (Lipinski definition) is 6. The van der Waals surface area contributed by atoms with Gasteiger partial charge in [0.25, 0.3) is 5.91 Å². The van der Waals surface area contributed by atoms with E-state index in [0.717, 1.165) is 33.7 Å². The molecule has 0 unspecified atom stereocenters. The summed E-state index contributed by atoms with van der Waals surface area (Å²) >= 11 is 1.16. The molecule has 7 nitrogen and oxygen atoms in total. The van der Waals surface area contributed by atoms with E-state index in [1.54, 1.807) is 54.0 Å². The van der Waals surface area contributed by atoms with Crippen molar-refractivity contribution in [1.82, 2.24) is 14.6 Å². The number of Topliss-reactive ketones (excluding diaryl/α,β-unsaturated/α-hetero) is 1. The highest BCUT2D eigenvalue weighted by Gasteiger charge is 2.28. The number of fused-ring (bicyclic) bond motifs is 1. The number of nitrogens with zero attached hydrogens (tertiary/aromatic N) is 2. The van der Waals surface area contributed by atoms with Gasteiger partial charge >= 0.3 is 0 Å². The normalized spacial score (nSPS) is 13.6. The van der Waals surface area contributed by atoms with Crippen LogP contribution in [-0.2, 0) is 34.3 Å². The smallest absolute Gasteiger partial charge is 0.295 e. The topological polar surface area (TPSA) is 96.4 Å². The van der Waals surface area contributed by atoms with E-state index in [4.69, 9.17) is 0 Å². The van der Waals surface area contributed by atoms with Crippen molar-refractivity contribution in [2.45, 2.75) is 30.6 Å². The molecule has 0 saturated heterocycles. The highest BCUT2D eigenvalue weighted by molar-refractivity contribution is 7.91. The maximum atomic E-state index is 12.7. The number of carbonyl (C=O) groups excluding carboxylic acids is 2. The fourth-order valence-corrected chi connectivity index (χ4v) is 5.67. The highest BCUT2D eigenvalue weighted by atomic mass is 32.2. The number of benzene rings is 1. The molecule has 3 heterocycles. The van der Waals surface area contributed by atoms with Crippen molar-refractivity contribution in [3.05, 3.63) is 82.0 Å². The van der Waals surface area contributed by atoms with Gasteiger partial charge in [0, 0.05) is 37.1 Å². The first-order chi connectivity index (χ1) is 14.9. The Bertz CT molecular complexity index is 1220. The molecule has 0 fully saturated rings. The monoisotopic (exact) mass is 455 g/mol. The van der Waals surface area contributed by atoms with Gasteiger partial charge in [-0.25, -0.2) is 13.1 Å². The van der Waals surface area contributed by atoms with Crippen LogP contribution in [0.1, 0.15) is 32.7 Å². The molecular formula is C22H21N3O4S2. The van der Waals surface area contributed by atoms with E-state index in [9.17, 15) is 18.0 Å². The summed E-state index contributed by atoms with van der Waals surface area (Å²) in [5.74, 6) is -1.08. The lowest BCUT2D eigenvalue weighted by molar-refractivity contribution is -0.127. The maximum absolute atomic E-state index is 12.7. The van der Waals surface area contributed by atoms with E-state index in [0.29, 0.717) is 18.5 Å². The first-order valence-electron chi connectivity index (χ1n) is 9.75. The third kappa shape index (κ3) is 4.43. The van der Waals surface area contributed by atoms with Crippen LogP contribution >= 0.6 is 11.3 Å². The second-order valence-electron chi connectivity index (χ2n) is 7.25. The SMILES string of the molecule is Cc1ncc2c(c1CNS(=O)(=O)c1cccs1)CCN(C(=O)C(=O)c1ccccc1)C2. The van der Waals surface area contributed by atoms with Crippen LogP contribution in [0.15, 0.2) is 58.3 Å². The Morgan fingerprint density at radius 2 is 1.94 bits per heavy atom. The molecule has 0 saturated carbocycles. The largest absolute Gasteiger partial charge is 0.331 e. The molecule has 4 rings (SSSR count). The second kappa shape index (κ2) is 8.70. The lowest BCUT2D eigenvalue weighted by Gasteiger charge is -2.30. The zero-order valence-electron chi connectivity index (χ0n) is 16.9. The standard InChI is InChI=1S/C22H21N3O4S2/c1-15-19(13-24-31(28,29)20-8-5-11-30-20)18-9-10-25(14-17(18)12-23-15)22(27)21(26)16-6-3-2-4-7-16/h2-8,11-12,24H,9-10,13-14H2,1H3. The van der Waals surface area contributed by atoms with Gasteiger partial charge in [0.1, 0.15) is 4.21 Å². The van der Waals surface area contributed by atoms with Gasteiger partial charge in [0.05, 0.1) is 0 Å². The van der Waals surface area contributed by atoms with Crippen molar-refractivity contribution in [2.75, 3.05) is 6.54 Å². The molecule has 1 amide bonds. The van der Waals surface area contributed by atoms with Gasteiger partial charge in [-0.15, -0.1) is 11.3 Å². The summed E-state index contributed by atoms with van der Waals surface area (Å²) in [5.41, 5.74) is 3.74. The molecule has 160 valence electrons. The summed E-state index contributed by atoms with van der Waals surface area (Å²) in [4.78, 5) is 31.2. The van der Waals surface area contributed by atoms with E-state index in [1.165, 1.54) is 4.90 Å². The number of rotatable bonds is 6. The van der Waals surface area contributed by atoms with Crippen LogP contribution < -0.4 is 4.72 Å². The summed E-state index contributed by atoms with van der Waals surface area (Å²) in [6.07, 6.45) is 2.23. The van der Waals surface area contributed by atoms with Crippen LogP contribution in [0, 0.1) is 6.92 Å². The average molecular weight is 456 g/mol. The van der Waals surface area contributed by atoms with Crippen molar-refractivity contribution in [3.63, 3.8) is 0 Å². The molecule has 31 heavy (non-hydrogen) atoms. The van der Waals surface area contributed by atoms with E-state index in [-0.39, 0.29) is 17.3 Å². The number of amides is 1. The number of aromatic nitrogens is 1. The van der Waals surface area contributed by atoms with Crippen molar-refractivity contribution < 1.29 is 18.0 Å². The summed E-state index contributed by atoms with van der Waals surface area (Å²) in [5, 5.41) is 1.72. The van der Waals surface area contributed by atoms with Gasteiger partial charge in [0.15, 0.2) is 0 Å². The molecule has 1 aliphatic rings. The highest BCUT2D eigenvalue weighted by Crippen LogP contribution is 2.25. The first kappa shape index (κ1) is 21.4. The summed E-state index contributed by atoms with van der Waals surface area (Å²) in [6.45, 7) is 2.62. The summed E-state index contributed by atoms with van der Waals surface area (Å²) in [7, 11) is -3.59. The molecule has 1 aromatic carbocycles. The molecule has 1 N–H and O–H groups in total. The predicted octanol–water partition coefficient (Wildman–Crippen LogP) is 2.70. The minimum absolute atomic E-state index is 0.124. The van der Waals surface area contributed by atoms with Gasteiger partial charge in [-0.2, -0.15) is 0 Å². The number of nitrogens with one attached hydrogen (secondary N) is 1. The Kier molecular flexibility index (Phi) is 5.99. The molecule has 0 radical (unpaired) electrons. The number of aryl methyl sites for hydroxylation is 1. The Labute approximate surface area is 184 Å². The van der Waals surface area contributed by atoms with Crippen LogP contribution in [-0.4, -0.2) is 36.5 Å². The summed E-state index contributed by atoms with van der Waals surface area (Å²) in [6, 6.07) is 11.7. The Morgan fingerprint density at radius 3 is 2.65 bits per heavy atom. The van der Waals surface area contributed by atoms with Crippen LogP contribution in [0.25, 0.3) is 0 Å². The van der Waals surface area contributed by atoms with Gasteiger partial charge in [-0.1, -0.05) is 36.4 Å². The Morgan fingerprint density at radius 1 is 1.16 bits per heavy atom. The number of sulfonamides is 1. The molecule has 3 aromatic rings. The molecule has 9 heteroatoms. The Hall–Kier alpha value is -2.88. The average Bonchev–Trinajstić information content (AvgIpc) is 3.34.